The van der Waals surface area contributed by atoms with Crippen LogP contribution in [0.3, 0.4) is 0 Å². The fraction of sp³-hybridized carbons (Fsp3) is 0.824. The first-order chi connectivity index (χ1) is 9.81. The van der Waals surface area contributed by atoms with Crippen molar-refractivity contribution in [3.63, 3.8) is 0 Å². The van der Waals surface area contributed by atoms with Crippen LogP contribution in [0.1, 0.15) is 57.1 Å². The van der Waals surface area contributed by atoms with Crippen LogP contribution < -0.4 is 4.90 Å². The molecule has 5 aliphatic rings. The Morgan fingerprint density at radius 1 is 1.00 bits per heavy atom. The monoisotopic (exact) mass is 288 g/mol. The van der Waals surface area contributed by atoms with E-state index >= 15 is 0 Å². The van der Waals surface area contributed by atoms with Crippen molar-refractivity contribution in [3.05, 3.63) is 11.1 Å². The molecule has 4 aliphatic carbocycles. The summed E-state index contributed by atoms with van der Waals surface area (Å²) in [7, 11) is 0. The van der Waals surface area contributed by atoms with Crippen molar-refractivity contribution in [2.45, 2.75) is 56.8 Å². The Morgan fingerprint density at radius 3 is 2.20 bits per heavy atom. The molecule has 0 unspecified atom stereocenters. The van der Waals surface area contributed by atoms with E-state index in [1.807, 2.05) is 11.3 Å². The van der Waals surface area contributed by atoms with Gasteiger partial charge in [0.25, 0.3) is 0 Å². The number of aromatic nitrogens is 1. The minimum absolute atomic E-state index is 0.489. The average Bonchev–Trinajstić information content (AvgIpc) is 3.09. The highest BCUT2D eigenvalue weighted by Crippen LogP contribution is 2.60. The molecule has 5 fully saturated rings. The Kier molecular flexibility index (Phi) is 2.54. The number of hydrogen-bond donors (Lipinski definition) is 0. The number of thiazole rings is 1. The summed E-state index contributed by atoms with van der Waals surface area (Å²) < 4.78 is 0. The van der Waals surface area contributed by atoms with Crippen molar-refractivity contribution in [1.82, 2.24) is 4.98 Å². The van der Waals surface area contributed by atoms with Gasteiger partial charge in [-0.1, -0.05) is 0 Å². The first-order valence-corrected chi connectivity index (χ1v) is 9.40. The Hall–Kier alpha value is -0.570. The molecule has 4 bridgehead atoms. The van der Waals surface area contributed by atoms with E-state index in [0.717, 1.165) is 17.8 Å². The van der Waals surface area contributed by atoms with Gasteiger partial charge in [0, 0.05) is 23.9 Å². The molecule has 0 atom stereocenters. The third-order valence-corrected chi connectivity index (χ3v) is 7.35. The Labute approximate surface area is 125 Å². The lowest BCUT2D eigenvalue weighted by atomic mass is 9.49. The smallest absolute Gasteiger partial charge is 0.185 e. The molecule has 0 spiro atoms. The predicted octanol–water partition coefficient (Wildman–Crippen LogP) is 4.21. The minimum atomic E-state index is 0.489. The summed E-state index contributed by atoms with van der Waals surface area (Å²) in [5.41, 5.74) is 1.96. The van der Waals surface area contributed by atoms with E-state index < -0.39 is 0 Å². The molecule has 2 nitrogen and oxygen atoms in total. The molecule has 1 aromatic heterocycles. The largest absolute Gasteiger partial charge is 0.348 e. The van der Waals surface area contributed by atoms with Gasteiger partial charge in [0.1, 0.15) is 0 Å². The highest BCUT2D eigenvalue weighted by atomic mass is 32.1. The molecule has 1 saturated heterocycles. The molecule has 4 saturated carbocycles. The second-order valence-corrected chi connectivity index (χ2v) is 8.74. The fourth-order valence-corrected chi connectivity index (χ4v) is 6.99. The zero-order chi connectivity index (χ0) is 13.2. The molecule has 2 heterocycles. The van der Waals surface area contributed by atoms with E-state index in [-0.39, 0.29) is 0 Å². The van der Waals surface area contributed by atoms with Crippen LogP contribution in [0.4, 0.5) is 5.13 Å². The van der Waals surface area contributed by atoms with Crippen molar-refractivity contribution >= 4 is 16.5 Å². The van der Waals surface area contributed by atoms with Gasteiger partial charge in [-0.15, -0.1) is 11.3 Å². The third-order valence-electron chi connectivity index (χ3n) is 6.45. The summed E-state index contributed by atoms with van der Waals surface area (Å²) in [6.45, 7) is 2.46. The van der Waals surface area contributed by atoms with Crippen molar-refractivity contribution in [2.24, 2.45) is 17.8 Å². The summed E-state index contributed by atoms with van der Waals surface area (Å²) in [4.78, 5) is 7.64. The van der Waals surface area contributed by atoms with Crippen LogP contribution in [0.2, 0.25) is 0 Å². The van der Waals surface area contributed by atoms with Crippen LogP contribution in [-0.4, -0.2) is 18.1 Å². The van der Waals surface area contributed by atoms with Gasteiger partial charge in [-0.2, -0.15) is 0 Å². The van der Waals surface area contributed by atoms with Crippen LogP contribution >= 0.6 is 11.3 Å². The van der Waals surface area contributed by atoms with E-state index in [4.69, 9.17) is 4.98 Å². The molecule has 0 aromatic carbocycles. The molecule has 108 valence electrons. The van der Waals surface area contributed by atoms with Gasteiger partial charge in [-0.05, 0) is 69.1 Å². The maximum Gasteiger partial charge on any atom is 0.185 e. The zero-order valence-corrected chi connectivity index (χ0v) is 13.0. The van der Waals surface area contributed by atoms with Crippen molar-refractivity contribution in [1.29, 1.82) is 0 Å². The van der Waals surface area contributed by atoms with Crippen LogP contribution in [0.5, 0.6) is 0 Å². The van der Waals surface area contributed by atoms with Gasteiger partial charge in [0.15, 0.2) is 5.13 Å². The van der Waals surface area contributed by atoms with E-state index in [2.05, 4.69) is 10.3 Å². The summed E-state index contributed by atoms with van der Waals surface area (Å²) in [5, 5.41) is 3.73. The summed E-state index contributed by atoms with van der Waals surface area (Å²) in [6, 6.07) is 0. The van der Waals surface area contributed by atoms with E-state index in [1.165, 1.54) is 75.3 Å². The van der Waals surface area contributed by atoms with Gasteiger partial charge < -0.3 is 4.90 Å². The SMILES string of the molecule is c1sc(N2CCCC2)nc1C12CC3CC(CC(C3)C1)C2. The topological polar surface area (TPSA) is 16.1 Å². The molecular formula is C17H24N2S. The maximum atomic E-state index is 5.13. The first kappa shape index (κ1) is 12.0. The number of anilines is 1. The van der Waals surface area contributed by atoms with Crippen LogP contribution in [-0.2, 0) is 5.41 Å². The van der Waals surface area contributed by atoms with Gasteiger partial charge in [-0.3, -0.25) is 0 Å². The second-order valence-electron chi connectivity index (χ2n) is 7.91. The van der Waals surface area contributed by atoms with Crippen LogP contribution in [0.15, 0.2) is 5.38 Å². The predicted molar refractivity (Wildman–Crippen MR) is 83.4 cm³/mol. The lowest BCUT2D eigenvalue weighted by molar-refractivity contribution is -0.00689. The lowest BCUT2D eigenvalue weighted by Crippen LogP contribution is -2.48. The standard InChI is InChI=1S/C17H24N2S/c1-2-4-19(3-1)16-18-15(11-20-16)17-8-12-5-13(9-17)7-14(6-12)10-17/h11-14H,1-10H2. The van der Waals surface area contributed by atoms with E-state index in [9.17, 15) is 0 Å². The highest BCUT2D eigenvalue weighted by molar-refractivity contribution is 7.13. The van der Waals surface area contributed by atoms with E-state index in [0.29, 0.717) is 5.41 Å². The molecule has 0 radical (unpaired) electrons. The summed E-state index contributed by atoms with van der Waals surface area (Å²) in [5.74, 6) is 3.08. The van der Waals surface area contributed by atoms with Crippen molar-refractivity contribution in [2.75, 3.05) is 18.0 Å². The fourth-order valence-electron chi connectivity index (χ4n) is 5.99. The normalized spacial score (nSPS) is 42.6. The Balaban J connectivity index is 1.47. The Bertz CT molecular complexity index is 480. The van der Waals surface area contributed by atoms with Crippen molar-refractivity contribution < 1.29 is 0 Å². The molecule has 20 heavy (non-hydrogen) atoms. The summed E-state index contributed by atoms with van der Waals surface area (Å²) >= 11 is 1.91. The quantitative estimate of drug-likeness (QED) is 0.810. The molecular weight excluding hydrogens is 264 g/mol. The summed E-state index contributed by atoms with van der Waals surface area (Å²) in [6.07, 6.45) is 11.6. The minimum Gasteiger partial charge on any atom is -0.348 e. The molecule has 0 amide bonds. The highest BCUT2D eigenvalue weighted by Gasteiger charge is 2.52. The molecule has 6 rings (SSSR count). The van der Waals surface area contributed by atoms with E-state index in [1.54, 1.807) is 0 Å². The number of nitrogens with zero attached hydrogens (tertiary/aromatic N) is 2. The van der Waals surface area contributed by atoms with Crippen molar-refractivity contribution in [3.8, 4) is 0 Å². The van der Waals surface area contributed by atoms with Gasteiger partial charge in [0.05, 0.1) is 5.69 Å². The second kappa shape index (κ2) is 4.22. The lowest BCUT2D eigenvalue weighted by Gasteiger charge is -2.56. The van der Waals surface area contributed by atoms with Gasteiger partial charge in [0.2, 0.25) is 0 Å². The third kappa shape index (κ3) is 1.71. The van der Waals surface area contributed by atoms with Crippen LogP contribution in [0.25, 0.3) is 0 Å². The van der Waals surface area contributed by atoms with Gasteiger partial charge >= 0.3 is 0 Å². The zero-order valence-electron chi connectivity index (χ0n) is 12.2. The van der Waals surface area contributed by atoms with Crippen LogP contribution in [0, 0.1) is 17.8 Å². The molecule has 0 N–H and O–H groups in total. The average molecular weight is 288 g/mol. The van der Waals surface area contributed by atoms with Gasteiger partial charge in [-0.25, -0.2) is 4.98 Å². The molecule has 1 aliphatic heterocycles. The Morgan fingerprint density at radius 2 is 1.60 bits per heavy atom. The number of hydrogen-bond acceptors (Lipinski definition) is 3. The molecule has 1 aromatic rings. The molecule has 3 heteroatoms. The first-order valence-electron chi connectivity index (χ1n) is 8.52. The number of rotatable bonds is 2. The maximum absolute atomic E-state index is 5.13.